The zero-order chi connectivity index (χ0) is 21.7. The Kier molecular flexibility index (Phi) is 6.54. The smallest absolute Gasteiger partial charge is 0.322 e. The summed E-state index contributed by atoms with van der Waals surface area (Å²) in [4.78, 5) is 11.9. The SMILES string of the molecule is CCC(c1ccc(O)cc1)C(NS(=O)(=O)c1ccc(-c2ccccc2)cc1)C(=O)O. The van der Waals surface area contributed by atoms with Crippen LogP contribution in [0.15, 0.2) is 83.8 Å². The second kappa shape index (κ2) is 9.11. The maximum atomic E-state index is 12.9. The fourth-order valence-electron chi connectivity index (χ4n) is 3.38. The van der Waals surface area contributed by atoms with Crippen LogP contribution in [0.4, 0.5) is 0 Å². The number of carboxylic acid groups (broad SMARTS) is 1. The zero-order valence-electron chi connectivity index (χ0n) is 16.4. The van der Waals surface area contributed by atoms with Gasteiger partial charge >= 0.3 is 5.97 Å². The van der Waals surface area contributed by atoms with Crippen molar-refractivity contribution >= 4 is 16.0 Å². The van der Waals surface area contributed by atoms with E-state index in [1.165, 1.54) is 24.3 Å². The highest BCUT2D eigenvalue weighted by molar-refractivity contribution is 7.89. The van der Waals surface area contributed by atoms with Crippen LogP contribution in [0.25, 0.3) is 11.1 Å². The first kappa shape index (κ1) is 21.5. The van der Waals surface area contributed by atoms with Gasteiger partial charge in [0.25, 0.3) is 0 Å². The van der Waals surface area contributed by atoms with Crippen molar-refractivity contribution in [2.45, 2.75) is 30.2 Å². The number of hydrogen-bond acceptors (Lipinski definition) is 4. The molecule has 156 valence electrons. The van der Waals surface area contributed by atoms with Crippen LogP contribution < -0.4 is 4.72 Å². The molecule has 2 atom stereocenters. The summed E-state index contributed by atoms with van der Waals surface area (Å²) < 4.78 is 28.1. The van der Waals surface area contributed by atoms with Crippen molar-refractivity contribution in [3.8, 4) is 16.9 Å². The van der Waals surface area contributed by atoms with E-state index in [0.717, 1.165) is 11.1 Å². The topological polar surface area (TPSA) is 104 Å². The van der Waals surface area contributed by atoms with Crippen LogP contribution >= 0.6 is 0 Å². The number of carbonyl (C=O) groups is 1. The van der Waals surface area contributed by atoms with E-state index in [4.69, 9.17) is 0 Å². The third kappa shape index (κ3) is 4.87. The molecule has 7 heteroatoms. The van der Waals surface area contributed by atoms with E-state index in [1.807, 2.05) is 30.3 Å². The van der Waals surface area contributed by atoms with Gasteiger partial charge in [-0.2, -0.15) is 4.72 Å². The number of rotatable bonds is 8. The molecule has 0 spiro atoms. The minimum atomic E-state index is -4.05. The van der Waals surface area contributed by atoms with E-state index in [1.54, 1.807) is 31.2 Å². The van der Waals surface area contributed by atoms with Crippen LogP contribution in [0.3, 0.4) is 0 Å². The van der Waals surface area contributed by atoms with Crippen molar-refractivity contribution < 1.29 is 23.4 Å². The molecule has 0 aliphatic rings. The van der Waals surface area contributed by atoms with Crippen LogP contribution in [0.5, 0.6) is 5.75 Å². The van der Waals surface area contributed by atoms with Gasteiger partial charge in [-0.3, -0.25) is 4.79 Å². The number of sulfonamides is 1. The van der Waals surface area contributed by atoms with Crippen molar-refractivity contribution in [2.75, 3.05) is 0 Å². The summed E-state index contributed by atoms with van der Waals surface area (Å²) in [6, 6.07) is 20.6. The van der Waals surface area contributed by atoms with E-state index in [9.17, 15) is 23.4 Å². The first-order valence-electron chi connectivity index (χ1n) is 9.51. The molecular weight excluding hydrogens is 402 g/mol. The molecule has 0 aromatic heterocycles. The third-order valence-corrected chi connectivity index (χ3v) is 6.44. The Morgan fingerprint density at radius 3 is 2.00 bits per heavy atom. The molecule has 0 amide bonds. The standard InChI is InChI=1S/C23H23NO5S/c1-2-21(18-8-12-19(25)13-9-18)22(23(26)27)24-30(28,29)20-14-10-17(11-15-20)16-6-4-3-5-7-16/h3-15,21-22,24-25H,2H2,1H3,(H,26,27). The number of benzene rings is 3. The molecular formula is C23H23NO5S. The predicted molar refractivity (Wildman–Crippen MR) is 115 cm³/mol. The van der Waals surface area contributed by atoms with Crippen molar-refractivity contribution in [2.24, 2.45) is 0 Å². The van der Waals surface area contributed by atoms with E-state index >= 15 is 0 Å². The highest BCUT2D eigenvalue weighted by Crippen LogP contribution is 2.27. The lowest BCUT2D eigenvalue weighted by Gasteiger charge is -2.24. The molecule has 0 radical (unpaired) electrons. The second-order valence-electron chi connectivity index (χ2n) is 6.93. The van der Waals surface area contributed by atoms with Crippen molar-refractivity contribution in [3.63, 3.8) is 0 Å². The number of phenols is 1. The molecule has 0 saturated carbocycles. The Labute approximate surface area is 175 Å². The second-order valence-corrected chi connectivity index (χ2v) is 8.65. The molecule has 3 rings (SSSR count). The highest BCUT2D eigenvalue weighted by atomic mass is 32.2. The zero-order valence-corrected chi connectivity index (χ0v) is 17.2. The van der Waals surface area contributed by atoms with Crippen molar-refractivity contribution in [1.82, 2.24) is 4.72 Å². The van der Waals surface area contributed by atoms with Gasteiger partial charge in [0, 0.05) is 5.92 Å². The first-order chi connectivity index (χ1) is 14.3. The summed E-state index contributed by atoms with van der Waals surface area (Å²) in [5.74, 6) is -1.81. The largest absolute Gasteiger partial charge is 0.508 e. The van der Waals surface area contributed by atoms with Crippen LogP contribution in [-0.4, -0.2) is 30.6 Å². The fraction of sp³-hybridized carbons (Fsp3) is 0.174. The highest BCUT2D eigenvalue weighted by Gasteiger charge is 2.32. The van der Waals surface area contributed by atoms with Gasteiger partial charge in [0.1, 0.15) is 11.8 Å². The number of aromatic hydroxyl groups is 1. The molecule has 2 unspecified atom stereocenters. The molecule has 0 aliphatic heterocycles. The maximum Gasteiger partial charge on any atom is 0.322 e. The molecule has 0 bridgehead atoms. The Bertz CT molecular complexity index is 1090. The number of phenolic OH excluding ortho intramolecular Hbond substituents is 1. The minimum absolute atomic E-state index is 0.00556. The minimum Gasteiger partial charge on any atom is -0.508 e. The Morgan fingerprint density at radius 2 is 1.47 bits per heavy atom. The molecule has 0 saturated heterocycles. The molecule has 30 heavy (non-hydrogen) atoms. The van der Waals surface area contributed by atoms with Gasteiger partial charge in [0.15, 0.2) is 0 Å². The first-order valence-corrected chi connectivity index (χ1v) is 11.0. The summed E-state index contributed by atoms with van der Waals surface area (Å²) >= 11 is 0. The molecule has 0 heterocycles. The lowest BCUT2D eigenvalue weighted by Crippen LogP contribution is -2.44. The average Bonchev–Trinajstić information content (AvgIpc) is 2.75. The van der Waals surface area contributed by atoms with Gasteiger partial charge in [-0.15, -0.1) is 0 Å². The summed E-state index contributed by atoms with van der Waals surface area (Å²) in [5.41, 5.74) is 2.45. The number of carboxylic acids is 1. The third-order valence-electron chi connectivity index (χ3n) is 4.98. The molecule has 3 aromatic rings. The Balaban J connectivity index is 1.87. The van der Waals surface area contributed by atoms with Crippen LogP contribution in [0, 0.1) is 0 Å². The summed E-state index contributed by atoms with van der Waals surface area (Å²) in [6.07, 6.45) is 0.400. The van der Waals surface area contributed by atoms with Gasteiger partial charge in [-0.05, 0) is 47.4 Å². The van der Waals surface area contributed by atoms with Crippen LogP contribution in [0.1, 0.15) is 24.8 Å². The van der Waals surface area contributed by atoms with E-state index in [2.05, 4.69) is 4.72 Å². The van der Waals surface area contributed by atoms with Gasteiger partial charge in [0.2, 0.25) is 10.0 Å². The fourth-order valence-corrected chi connectivity index (χ4v) is 4.61. The molecule has 0 aliphatic carbocycles. The van der Waals surface area contributed by atoms with Gasteiger partial charge < -0.3 is 10.2 Å². The van der Waals surface area contributed by atoms with Gasteiger partial charge in [-0.1, -0.05) is 61.5 Å². The van der Waals surface area contributed by atoms with Crippen LogP contribution in [0.2, 0.25) is 0 Å². The maximum absolute atomic E-state index is 12.9. The normalized spacial score (nSPS) is 13.5. The monoisotopic (exact) mass is 425 g/mol. The lowest BCUT2D eigenvalue weighted by atomic mass is 9.89. The van der Waals surface area contributed by atoms with Crippen LogP contribution in [-0.2, 0) is 14.8 Å². The average molecular weight is 426 g/mol. The Hall–Kier alpha value is -3.16. The molecule has 3 aromatic carbocycles. The quantitative estimate of drug-likeness (QED) is 0.506. The van der Waals surface area contributed by atoms with Gasteiger partial charge in [0.05, 0.1) is 4.90 Å². The molecule has 0 fully saturated rings. The predicted octanol–water partition coefficient (Wildman–Crippen LogP) is 3.98. The van der Waals surface area contributed by atoms with Crippen molar-refractivity contribution in [1.29, 1.82) is 0 Å². The summed E-state index contributed by atoms with van der Waals surface area (Å²) in [6.45, 7) is 1.79. The van der Waals surface area contributed by atoms with E-state index in [0.29, 0.717) is 12.0 Å². The molecule has 6 nitrogen and oxygen atoms in total. The van der Waals surface area contributed by atoms with E-state index in [-0.39, 0.29) is 10.6 Å². The summed E-state index contributed by atoms with van der Waals surface area (Å²) in [7, 11) is -4.05. The number of nitrogens with one attached hydrogen (secondary N) is 1. The Morgan fingerprint density at radius 1 is 0.900 bits per heavy atom. The van der Waals surface area contributed by atoms with Gasteiger partial charge in [-0.25, -0.2) is 8.42 Å². The summed E-state index contributed by atoms with van der Waals surface area (Å²) in [5, 5.41) is 19.2. The number of aliphatic carboxylic acids is 1. The number of hydrogen-bond donors (Lipinski definition) is 3. The molecule has 3 N–H and O–H groups in total. The van der Waals surface area contributed by atoms with Crippen molar-refractivity contribution in [3.05, 3.63) is 84.4 Å². The lowest BCUT2D eigenvalue weighted by molar-refractivity contribution is -0.139. The van der Waals surface area contributed by atoms with E-state index < -0.39 is 28.0 Å².